The van der Waals surface area contributed by atoms with Crippen LogP contribution in [0, 0.1) is 0 Å². The van der Waals surface area contributed by atoms with Crippen LogP contribution in [0.25, 0.3) is 82.4 Å². The second-order valence-electron chi connectivity index (χ2n) is 14.5. The Balaban J connectivity index is 1.06. The van der Waals surface area contributed by atoms with E-state index in [4.69, 9.17) is 0 Å². The summed E-state index contributed by atoms with van der Waals surface area (Å²) in [5.74, 6) is 0. The molecule has 1 heterocycles. The van der Waals surface area contributed by atoms with Gasteiger partial charge in [0.2, 0.25) is 0 Å². The van der Waals surface area contributed by atoms with Crippen molar-refractivity contribution in [3.8, 4) is 39.1 Å². The number of hydrogen-bond acceptors (Lipinski definition) is 1. The third-order valence-corrected chi connectivity index (χ3v) is 11.3. The zero-order valence-corrected chi connectivity index (χ0v) is 30.7. The van der Waals surface area contributed by atoms with Gasteiger partial charge in [-0.05, 0) is 104 Å². The number of hydrogen-bond donors (Lipinski definition) is 0. The number of benzene rings is 10. The van der Waals surface area contributed by atoms with Gasteiger partial charge >= 0.3 is 0 Å². The van der Waals surface area contributed by atoms with Crippen molar-refractivity contribution in [1.29, 1.82) is 0 Å². The molecule has 0 radical (unpaired) electrons. The molecule has 0 aliphatic rings. The summed E-state index contributed by atoms with van der Waals surface area (Å²) in [6, 6.07) is 79.4. The van der Waals surface area contributed by atoms with E-state index in [1.165, 1.54) is 76.7 Å². The van der Waals surface area contributed by atoms with Crippen molar-refractivity contribution >= 4 is 60.4 Å². The molecule has 0 aliphatic heterocycles. The second kappa shape index (κ2) is 13.2. The van der Waals surface area contributed by atoms with Crippen molar-refractivity contribution in [2.75, 3.05) is 4.90 Å². The number of fused-ring (bicyclic) bond motifs is 1. The van der Waals surface area contributed by atoms with Gasteiger partial charge in [-0.15, -0.1) is 0 Å². The number of anilines is 3. The highest BCUT2D eigenvalue weighted by Gasteiger charge is 2.20. The van der Waals surface area contributed by atoms with E-state index in [0.717, 1.165) is 22.7 Å². The molecule has 0 saturated heterocycles. The Morgan fingerprint density at radius 1 is 0.321 bits per heavy atom. The van der Waals surface area contributed by atoms with Gasteiger partial charge in [0.15, 0.2) is 0 Å². The zero-order valence-electron chi connectivity index (χ0n) is 30.7. The minimum absolute atomic E-state index is 1.11. The molecule has 0 amide bonds. The maximum Gasteiger partial charge on any atom is 0.0547 e. The maximum atomic E-state index is 2.44. The monoisotopic (exact) mass is 712 g/mol. The fraction of sp³-hybridized carbons (Fsp3) is 0. The molecule has 11 aromatic rings. The quantitative estimate of drug-likeness (QED) is 0.149. The summed E-state index contributed by atoms with van der Waals surface area (Å²) in [6.45, 7) is 0. The molecule has 1 aromatic heterocycles. The fourth-order valence-electron chi connectivity index (χ4n) is 8.73. The molecule has 10 aromatic carbocycles. The summed E-state index contributed by atoms with van der Waals surface area (Å²) in [4.78, 5) is 2.40. The third-order valence-electron chi connectivity index (χ3n) is 11.3. The van der Waals surface area contributed by atoms with E-state index in [0.29, 0.717) is 0 Å². The van der Waals surface area contributed by atoms with Crippen molar-refractivity contribution in [3.63, 3.8) is 0 Å². The van der Waals surface area contributed by atoms with E-state index < -0.39 is 0 Å². The first kappa shape index (κ1) is 32.0. The van der Waals surface area contributed by atoms with Crippen molar-refractivity contribution in [3.05, 3.63) is 218 Å². The Labute approximate surface area is 326 Å². The van der Waals surface area contributed by atoms with Crippen molar-refractivity contribution < 1.29 is 0 Å². The SMILES string of the molecule is c1ccc(-c2ccc(N(c3ccc(-c4ccccc4)cc3)c3ccc(-c4cccc(-n5c6cccc7ccc8cccc5c8c76)c4)c4ccccc34)cc2)cc1. The summed E-state index contributed by atoms with van der Waals surface area (Å²) in [5.41, 5.74) is 14.2. The summed E-state index contributed by atoms with van der Waals surface area (Å²) >= 11 is 0. The van der Waals surface area contributed by atoms with Crippen LogP contribution in [-0.2, 0) is 0 Å². The number of aromatic nitrogens is 1. The molecule has 11 rings (SSSR count). The van der Waals surface area contributed by atoms with Gasteiger partial charge in [0.25, 0.3) is 0 Å². The van der Waals surface area contributed by atoms with Crippen LogP contribution in [0.1, 0.15) is 0 Å². The first-order valence-electron chi connectivity index (χ1n) is 19.3. The van der Waals surface area contributed by atoms with E-state index in [1.54, 1.807) is 0 Å². The first-order chi connectivity index (χ1) is 27.8. The molecule has 56 heavy (non-hydrogen) atoms. The van der Waals surface area contributed by atoms with Gasteiger partial charge in [0, 0.05) is 33.2 Å². The van der Waals surface area contributed by atoms with Crippen LogP contribution in [0.5, 0.6) is 0 Å². The molecular weight excluding hydrogens is 677 g/mol. The van der Waals surface area contributed by atoms with Crippen molar-refractivity contribution in [1.82, 2.24) is 4.57 Å². The third kappa shape index (κ3) is 5.26. The second-order valence-corrected chi connectivity index (χ2v) is 14.5. The molecule has 0 saturated carbocycles. The van der Waals surface area contributed by atoms with Crippen molar-refractivity contribution in [2.24, 2.45) is 0 Å². The highest BCUT2D eigenvalue weighted by Crippen LogP contribution is 2.44. The summed E-state index contributed by atoms with van der Waals surface area (Å²) in [6.07, 6.45) is 0. The van der Waals surface area contributed by atoms with Gasteiger partial charge in [0.05, 0.1) is 16.7 Å². The Morgan fingerprint density at radius 2 is 0.804 bits per heavy atom. The average Bonchev–Trinajstić information content (AvgIpc) is 3.63. The summed E-state index contributed by atoms with van der Waals surface area (Å²) < 4.78 is 2.44. The smallest absolute Gasteiger partial charge is 0.0547 e. The largest absolute Gasteiger partial charge is 0.310 e. The lowest BCUT2D eigenvalue weighted by molar-refractivity contribution is 1.18. The van der Waals surface area contributed by atoms with Crippen LogP contribution in [0.3, 0.4) is 0 Å². The number of rotatable bonds is 7. The number of nitrogens with zero attached hydrogens (tertiary/aromatic N) is 2. The lowest BCUT2D eigenvalue weighted by atomic mass is 9.95. The van der Waals surface area contributed by atoms with Gasteiger partial charge in [-0.3, -0.25) is 0 Å². The van der Waals surface area contributed by atoms with Crippen LogP contribution in [0.4, 0.5) is 17.1 Å². The van der Waals surface area contributed by atoms with Crippen molar-refractivity contribution in [2.45, 2.75) is 0 Å². The van der Waals surface area contributed by atoms with Gasteiger partial charge in [-0.25, -0.2) is 0 Å². The summed E-state index contributed by atoms with van der Waals surface area (Å²) in [7, 11) is 0. The molecule has 0 aliphatic carbocycles. The first-order valence-corrected chi connectivity index (χ1v) is 19.3. The highest BCUT2D eigenvalue weighted by atomic mass is 15.1. The molecule has 2 nitrogen and oxygen atoms in total. The average molecular weight is 713 g/mol. The molecule has 0 bridgehead atoms. The molecule has 0 N–H and O–H groups in total. The Bertz CT molecular complexity index is 3010. The normalized spacial score (nSPS) is 11.6. The molecular formula is C54H36N2. The molecule has 262 valence electrons. The Kier molecular flexibility index (Phi) is 7.53. The van der Waals surface area contributed by atoms with Crippen LogP contribution in [0.2, 0.25) is 0 Å². The minimum Gasteiger partial charge on any atom is -0.310 e. The van der Waals surface area contributed by atoms with Gasteiger partial charge in [0.1, 0.15) is 0 Å². The summed E-state index contributed by atoms with van der Waals surface area (Å²) in [5, 5.41) is 7.61. The lowest BCUT2D eigenvalue weighted by Crippen LogP contribution is -2.10. The molecule has 2 heteroatoms. The van der Waals surface area contributed by atoms with Crippen LogP contribution < -0.4 is 4.90 Å². The molecule has 0 atom stereocenters. The van der Waals surface area contributed by atoms with Crippen LogP contribution >= 0.6 is 0 Å². The topological polar surface area (TPSA) is 8.17 Å². The zero-order chi connectivity index (χ0) is 37.0. The van der Waals surface area contributed by atoms with Gasteiger partial charge in [-0.2, -0.15) is 0 Å². The fourth-order valence-corrected chi connectivity index (χ4v) is 8.73. The Morgan fingerprint density at radius 3 is 1.38 bits per heavy atom. The van der Waals surface area contributed by atoms with E-state index in [2.05, 4.69) is 228 Å². The van der Waals surface area contributed by atoms with E-state index >= 15 is 0 Å². The predicted molar refractivity (Wildman–Crippen MR) is 238 cm³/mol. The van der Waals surface area contributed by atoms with Gasteiger partial charge in [-0.1, -0.05) is 164 Å². The van der Waals surface area contributed by atoms with E-state index in [-0.39, 0.29) is 0 Å². The predicted octanol–water partition coefficient (Wildman–Crippen LogP) is 15.0. The van der Waals surface area contributed by atoms with E-state index in [9.17, 15) is 0 Å². The molecule has 0 spiro atoms. The van der Waals surface area contributed by atoms with Gasteiger partial charge < -0.3 is 9.47 Å². The minimum atomic E-state index is 1.11. The molecule has 0 unspecified atom stereocenters. The van der Waals surface area contributed by atoms with E-state index in [1.807, 2.05) is 0 Å². The maximum absolute atomic E-state index is 2.44. The lowest BCUT2D eigenvalue weighted by Gasteiger charge is -2.28. The molecule has 0 fully saturated rings. The highest BCUT2D eigenvalue weighted by molar-refractivity contribution is 6.24. The Hall–Kier alpha value is -7.42. The van der Waals surface area contributed by atoms with Crippen LogP contribution in [0.15, 0.2) is 218 Å². The standard InChI is InChI=1S/C54H36N2/c1-3-12-37(13-4-1)39-26-30-44(31-27-39)55(45-32-28-40(29-33-45)38-14-5-2-6-15-38)50-35-34-47(48-20-7-8-21-49(48)50)43-18-9-19-46(36-43)56-51-22-10-16-41-24-25-42-17-11-23-52(56)54(42)53(41)51/h1-36H. The van der Waals surface area contributed by atoms with Crippen LogP contribution in [-0.4, -0.2) is 4.57 Å².